The number of nitriles is 1. The third-order valence-corrected chi connectivity index (χ3v) is 3.43. The van der Waals surface area contributed by atoms with Gasteiger partial charge in [0.05, 0.1) is 12.2 Å². The lowest BCUT2D eigenvalue weighted by atomic mass is 10.00. The van der Waals surface area contributed by atoms with Gasteiger partial charge in [-0.1, -0.05) is 0 Å². The molecule has 1 saturated heterocycles. The molecule has 1 N–H and O–H groups in total. The van der Waals surface area contributed by atoms with Crippen LogP contribution in [0, 0.1) is 23.2 Å². The lowest BCUT2D eigenvalue weighted by molar-refractivity contribution is 0.124. The summed E-state index contributed by atoms with van der Waals surface area (Å²) in [6, 6.07) is 2.17. The summed E-state index contributed by atoms with van der Waals surface area (Å²) in [5.41, 5.74) is 0. The molecule has 1 aliphatic heterocycles. The molecule has 2 rings (SSSR count). The number of rotatable bonds is 2. The lowest BCUT2D eigenvalue weighted by Crippen LogP contribution is -2.25. The molecule has 3 unspecified atom stereocenters. The van der Waals surface area contributed by atoms with Crippen LogP contribution < -0.4 is 0 Å². The fraction of sp³-hybridized carbons (Fsp3) is 0.900. The van der Waals surface area contributed by atoms with Crippen LogP contribution in [-0.2, 0) is 0 Å². The summed E-state index contributed by atoms with van der Waals surface area (Å²) in [7, 11) is 0. The Morgan fingerprint density at radius 3 is 2.92 bits per heavy atom. The van der Waals surface area contributed by atoms with Gasteiger partial charge in [0.1, 0.15) is 0 Å². The van der Waals surface area contributed by atoms with E-state index < -0.39 is 0 Å². The zero-order chi connectivity index (χ0) is 9.26. The van der Waals surface area contributed by atoms with Gasteiger partial charge in [-0.2, -0.15) is 5.26 Å². The Morgan fingerprint density at radius 2 is 2.23 bits per heavy atom. The maximum Gasteiger partial charge on any atom is 0.0635 e. The third kappa shape index (κ3) is 1.70. The van der Waals surface area contributed by atoms with Crippen LogP contribution in [0.15, 0.2) is 0 Å². The van der Waals surface area contributed by atoms with Crippen LogP contribution in [0.5, 0.6) is 0 Å². The van der Waals surface area contributed by atoms with E-state index in [9.17, 15) is 5.11 Å². The van der Waals surface area contributed by atoms with Gasteiger partial charge in [-0.05, 0) is 18.8 Å². The first-order valence-corrected chi connectivity index (χ1v) is 5.08. The molecule has 3 nitrogen and oxygen atoms in total. The Labute approximate surface area is 79.0 Å². The first-order chi connectivity index (χ1) is 6.31. The first-order valence-electron chi connectivity index (χ1n) is 5.08. The summed E-state index contributed by atoms with van der Waals surface area (Å²) in [6.07, 6.45) is 2.71. The van der Waals surface area contributed by atoms with E-state index in [4.69, 9.17) is 5.26 Å². The monoisotopic (exact) mass is 180 g/mol. The second-order valence-corrected chi connectivity index (χ2v) is 4.24. The van der Waals surface area contributed by atoms with Crippen molar-refractivity contribution in [2.24, 2.45) is 11.8 Å². The normalized spacial score (nSPS) is 38.9. The summed E-state index contributed by atoms with van der Waals surface area (Å²) in [5, 5.41) is 18.1. The van der Waals surface area contributed by atoms with Crippen molar-refractivity contribution >= 4 is 0 Å². The molecule has 1 saturated carbocycles. The molecule has 3 atom stereocenters. The Hall–Kier alpha value is -0.590. The number of aliphatic hydroxyl groups is 1. The minimum atomic E-state index is -0.0721. The predicted molar refractivity (Wildman–Crippen MR) is 48.9 cm³/mol. The summed E-state index contributed by atoms with van der Waals surface area (Å²) >= 11 is 0. The quantitative estimate of drug-likeness (QED) is 0.677. The summed E-state index contributed by atoms with van der Waals surface area (Å²) in [6.45, 7) is 2.99. The number of hydrogen-bond donors (Lipinski definition) is 1. The van der Waals surface area contributed by atoms with E-state index in [0.29, 0.717) is 18.3 Å². The second-order valence-electron chi connectivity index (χ2n) is 4.24. The van der Waals surface area contributed by atoms with Crippen molar-refractivity contribution < 1.29 is 5.11 Å². The fourth-order valence-corrected chi connectivity index (χ4v) is 2.72. The Morgan fingerprint density at radius 1 is 1.38 bits per heavy atom. The minimum absolute atomic E-state index is 0.0721. The summed E-state index contributed by atoms with van der Waals surface area (Å²) in [5.74, 6) is 1.20. The van der Waals surface area contributed by atoms with Crippen LogP contribution in [0.25, 0.3) is 0 Å². The van der Waals surface area contributed by atoms with Gasteiger partial charge < -0.3 is 10.0 Å². The summed E-state index contributed by atoms with van der Waals surface area (Å²) < 4.78 is 0. The molecule has 0 bridgehead atoms. The van der Waals surface area contributed by atoms with Gasteiger partial charge in [0.15, 0.2) is 0 Å². The van der Waals surface area contributed by atoms with E-state index >= 15 is 0 Å². The molecule has 13 heavy (non-hydrogen) atoms. The van der Waals surface area contributed by atoms with Crippen molar-refractivity contribution in [1.29, 1.82) is 5.26 Å². The van der Waals surface area contributed by atoms with Crippen LogP contribution >= 0.6 is 0 Å². The van der Waals surface area contributed by atoms with Gasteiger partial charge >= 0.3 is 0 Å². The van der Waals surface area contributed by atoms with Crippen LogP contribution in [0.1, 0.15) is 19.3 Å². The maximum absolute atomic E-state index is 9.65. The van der Waals surface area contributed by atoms with Gasteiger partial charge in [-0.15, -0.1) is 0 Å². The molecule has 0 spiro atoms. The number of likely N-dealkylation sites (tertiary alicyclic amines) is 1. The highest BCUT2D eigenvalue weighted by atomic mass is 16.3. The highest BCUT2D eigenvalue weighted by molar-refractivity contribution is 4.94. The molecule has 2 fully saturated rings. The smallest absolute Gasteiger partial charge is 0.0635 e. The second kappa shape index (κ2) is 3.65. The van der Waals surface area contributed by atoms with E-state index in [-0.39, 0.29) is 6.10 Å². The molecule has 72 valence electrons. The highest BCUT2D eigenvalue weighted by Crippen LogP contribution is 2.37. The maximum atomic E-state index is 9.65. The molecule has 1 aliphatic carbocycles. The van der Waals surface area contributed by atoms with E-state index in [1.54, 1.807) is 0 Å². The number of nitrogens with zero attached hydrogens (tertiary/aromatic N) is 2. The van der Waals surface area contributed by atoms with Crippen molar-refractivity contribution in [3.05, 3.63) is 0 Å². The average Bonchev–Trinajstić information content (AvgIpc) is 2.65. The highest BCUT2D eigenvalue weighted by Gasteiger charge is 2.41. The van der Waals surface area contributed by atoms with Gasteiger partial charge in [-0.3, -0.25) is 0 Å². The van der Waals surface area contributed by atoms with Gasteiger partial charge in [-0.25, -0.2) is 0 Å². The van der Waals surface area contributed by atoms with Crippen LogP contribution in [0.2, 0.25) is 0 Å². The topological polar surface area (TPSA) is 47.3 Å². The van der Waals surface area contributed by atoms with E-state index in [0.717, 1.165) is 26.1 Å². The van der Waals surface area contributed by atoms with Crippen LogP contribution in [-0.4, -0.2) is 35.7 Å². The molecule has 0 amide bonds. The van der Waals surface area contributed by atoms with Gasteiger partial charge in [0, 0.05) is 32.0 Å². The molecular formula is C10H16N2O. The standard InChI is InChI=1S/C10H16N2O/c11-4-1-5-12-6-8-2-3-10(13)9(8)7-12/h8-10,13H,1-3,5-7H2. The summed E-state index contributed by atoms with van der Waals surface area (Å²) in [4.78, 5) is 2.32. The van der Waals surface area contributed by atoms with Crippen molar-refractivity contribution in [3.63, 3.8) is 0 Å². The van der Waals surface area contributed by atoms with Gasteiger partial charge in [0.2, 0.25) is 0 Å². The van der Waals surface area contributed by atoms with Crippen LogP contribution in [0.3, 0.4) is 0 Å². The average molecular weight is 180 g/mol. The third-order valence-electron chi connectivity index (χ3n) is 3.43. The number of fused-ring (bicyclic) bond motifs is 1. The molecule has 0 aromatic rings. The molecule has 2 aliphatic rings. The van der Waals surface area contributed by atoms with E-state index in [2.05, 4.69) is 11.0 Å². The Balaban J connectivity index is 1.85. The van der Waals surface area contributed by atoms with E-state index in [1.807, 2.05) is 0 Å². The van der Waals surface area contributed by atoms with Crippen LogP contribution in [0.4, 0.5) is 0 Å². The van der Waals surface area contributed by atoms with Crippen molar-refractivity contribution in [3.8, 4) is 6.07 Å². The first kappa shape index (κ1) is 8.98. The van der Waals surface area contributed by atoms with Gasteiger partial charge in [0.25, 0.3) is 0 Å². The number of aliphatic hydroxyl groups excluding tert-OH is 1. The predicted octanol–water partition coefficient (Wildman–Crippen LogP) is 0.603. The molecule has 0 aromatic heterocycles. The lowest BCUT2D eigenvalue weighted by Gasteiger charge is -2.15. The van der Waals surface area contributed by atoms with Crippen molar-refractivity contribution in [2.75, 3.05) is 19.6 Å². The minimum Gasteiger partial charge on any atom is -0.393 e. The zero-order valence-electron chi connectivity index (χ0n) is 7.82. The Bertz CT molecular complexity index is 223. The number of hydrogen-bond acceptors (Lipinski definition) is 3. The molecular weight excluding hydrogens is 164 g/mol. The molecule has 1 heterocycles. The fourth-order valence-electron chi connectivity index (χ4n) is 2.72. The SMILES string of the molecule is N#CCCN1CC2CCC(O)C2C1. The Kier molecular flexibility index (Phi) is 2.52. The van der Waals surface area contributed by atoms with E-state index in [1.165, 1.54) is 6.42 Å². The van der Waals surface area contributed by atoms with Crippen molar-refractivity contribution in [2.45, 2.75) is 25.4 Å². The molecule has 3 heteroatoms. The van der Waals surface area contributed by atoms with Crippen molar-refractivity contribution in [1.82, 2.24) is 4.90 Å². The molecule has 0 aromatic carbocycles. The largest absolute Gasteiger partial charge is 0.393 e. The zero-order valence-corrected chi connectivity index (χ0v) is 7.82. The molecule has 0 radical (unpaired) electrons.